The average Bonchev–Trinajstić information content (AvgIpc) is 2.62. The van der Waals surface area contributed by atoms with Crippen molar-refractivity contribution in [3.05, 3.63) is 60.2 Å². The molecule has 0 fully saturated rings. The highest BCUT2D eigenvalue weighted by molar-refractivity contribution is 6.11. The first-order chi connectivity index (χ1) is 12.4. The van der Waals surface area contributed by atoms with Gasteiger partial charge in [0, 0.05) is 17.8 Å². The minimum atomic E-state index is -2.13. The van der Waals surface area contributed by atoms with Crippen LogP contribution in [0.2, 0.25) is 0 Å². The number of benzene rings is 2. The van der Waals surface area contributed by atoms with Crippen LogP contribution < -0.4 is 15.5 Å². The van der Waals surface area contributed by atoms with Crippen LogP contribution >= 0.6 is 0 Å². The molecule has 0 aromatic heterocycles. The maximum atomic E-state index is 13.0. The van der Waals surface area contributed by atoms with Crippen LogP contribution in [0.1, 0.15) is 25.8 Å². The molecule has 0 radical (unpaired) electrons. The van der Waals surface area contributed by atoms with Crippen molar-refractivity contribution < 1.29 is 14.7 Å². The lowest BCUT2D eigenvalue weighted by atomic mass is 9.94. The van der Waals surface area contributed by atoms with Crippen molar-refractivity contribution >= 4 is 23.3 Å². The van der Waals surface area contributed by atoms with Gasteiger partial charge in [0.05, 0.1) is 5.69 Å². The van der Waals surface area contributed by atoms with E-state index in [1.807, 2.05) is 0 Å². The van der Waals surface area contributed by atoms with Crippen LogP contribution in [-0.2, 0) is 10.5 Å². The van der Waals surface area contributed by atoms with Gasteiger partial charge in [0.25, 0.3) is 11.6 Å². The van der Waals surface area contributed by atoms with Crippen LogP contribution in [0.15, 0.2) is 54.6 Å². The van der Waals surface area contributed by atoms with Gasteiger partial charge in [0.15, 0.2) is 0 Å². The number of nitrogens with one attached hydrogen (secondary N) is 2. The molecule has 0 aliphatic carbocycles. The molecule has 6 nitrogen and oxygen atoms in total. The molecule has 6 heteroatoms. The topological polar surface area (TPSA) is 81.7 Å². The summed E-state index contributed by atoms with van der Waals surface area (Å²) in [5, 5.41) is 17.0. The molecule has 1 aliphatic heterocycles. The second-order valence-electron chi connectivity index (χ2n) is 6.76. The van der Waals surface area contributed by atoms with Crippen LogP contribution in [0.25, 0.3) is 0 Å². The Morgan fingerprint density at radius 3 is 2.50 bits per heavy atom. The highest BCUT2D eigenvalue weighted by Crippen LogP contribution is 2.39. The molecule has 3 N–H and O–H groups in total. The molecule has 136 valence electrons. The normalized spacial score (nSPS) is 19.1. The molecule has 2 aromatic carbocycles. The molecule has 3 amide bonds. The van der Waals surface area contributed by atoms with E-state index in [0.29, 0.717) is 29.4 Å². The zero-order valence-electron chi connectivity index (χ0n) is 14.9. The number of carbonyl (C=O) groups is 2. The summed E-state index contributed by atoms with van der Waals surface area (Å²) < 4.78 is 0. The Kier molecular flexibility index (Phi) is 4.95. The van der Waals surface area contributed by atoms with Gasteiger partial charge in [-0.2, -0.15) is 0 Å². The number of hydrogen-bond acceptors (Lipinski definition) is 3. The number of urea groups is 1. The van der Waals surface area contributed by atoms with Crippen LogP contribution in [0.5, 0.6) is 0 Å². The molecule has 1 aliphatic rings. The summed E-state index contributed by atoms with van der Waals surface area (Å²) in [6.45, 7) is 4.53. The third-order valence-electron chi connectivity index (χ3n) is 4.41. The number of hydrogen-bond donors (Lipinski definition) is 3. The average molecular weight is 353 g/mol. The van der Waals surface area contributed by atoms with Gasteiger partial charge in [-0.1, -0.05) is 50.2 Å². The molecule has 0 saturated carbocycles. The lowest BCUT2D eigenvalue weighted by Gasteiger charge is -2.42. The largest absolute Gasteiger partial charge is 0.359 e. The number of nitrogens with zero attached hydrogens (tertiary/aromatic N) is 1. The Balaban J connectivity index is 2.05. The lowest BCUT2D eigenvalue weighted by molar-refractivity contribution is -0.140. The van der Waals surface area contributed by atoms with E-state index in [2.05, 4.69) is 24.5 Å². The molecular weight excluding hydrogens is 330 g/mol. The second kappa shape index (κ2) is 7.17. The Labute approximate surface area is 152 Å². The summed E-state index contributed by atoms with van der Waals surface area (Å²) in [7, 11) is 0. The maximum Gasteiger partial charge on any atom is 0.329 e. The zero-order chi connectivity index (χ0) is 18.7. The van der Waals surface area contributed by atoms with Crippen molar-refractivity contribution in [2.45, 2.75) is 26.0 Å². The number of para-hydroxylation sites is 2. The van der Waals surface area contributed by atoms with E-state index in [0.717, 1.165) is 11.3 Å². The zero-order valence-corrected chi connectivity index (χ0v) is 14.9. The van der Waals surface area contributed by atoms with Crippen molar-refractivity contribution in [2.24, 2.45) is 5.92 Å². The van der Waals surface area contributed by atoms with Crippen LogP contribution in [0.3, 0.4) is 0 Å². The Hall–Kier alpha value is -2.86. The Morgan fingerprint density at radius 1 is 1.15 bits per heavy atom. The fourth-order valence-electron chi connectivity index (χ4n) is 3.04. The van der Waals surface area contributed by atoms with E-state index in [1.54, 1.807) is 54.6 Å². The molecule has 3 rings (SSSR count). The Morgan fingerprint density at radius 2 is 1.81 bits per heavy atom. The fourth-order valence-corrected chi connectivity index (χ4v) is 3.04. The summed E-state index contributed by atoms with van der Waals surface area (Å²) in [6, 6.07) is 14.9. The highest BCUT2D eigenvalue weighted by Gasteiger charge is 2.51. The van der Waals surface area contributed by atoms with E-state index in [-0.39, 0.29) is 0 Å². The van der Waals surface area contributed by atoms with Crippen molar-refractivity contribution in [1.82, 2.24) is 5.32 Å². The standard InChI is InChI=1S/C20H23N3O3/c1-14(2)12-13-21-18(24)20(26)16-10-6-7-11-17(16)22-19(25)23(20)15-8-4-3-5-9-15/h3-11,14,26H,12-13H2,1-2H3,(H,21,24)(H,22,25)/t20-/m1/s1. The number of fused-ring (bicyclic) bond motifs is 1. The maximum absolute atomic E-state index is 13.0. The SMILES string of the molecule is CC(C)CCNC(=O)[C@]1(O)c2ccccc2NC(=O)N1c1ccccc1. The number of amides is 3. The molecule has 1 heterocycles. The summed E-state index contributed by atoms with van der Waals surface area (Å²) in [6.07, 6.45) is 0.779. The van der Waals surface area contributed by atoms with Crippen molar-refractivity contribution in [3.8, 4) is 0 Å². The van der Waals surface area contributed by atoms with Gasteiger partial charge in [-0.25, -0.2) is 4.79 Å². The molecule has 0 saturated heterocycles. The number of carbonyl (C=O) groups excluding carboxylic acids is 2. The quantitative estimate of drug-likeness (QED) is 0.773. The predicted molar refractivity (Wildman–Crippen MR) is 101 cm³/mol. The van der Waals surface area contributed by atoms with Gasteiger partial charge in [-0.05, 0) is 30.5 Å². The van der Waals surface area contributed by atoms with E-state index >= 15 is 0 Å². The van der Waals surface area contributed by atoms with Crippen molar-refractivity contribution in [2.75, 3.05) is 16.8 Å². The Bertz CT molecular complexity index is 807. The molecular formula is C20H23N3O3. The second-order valence-corrected chi connectivity index (χ2v) is 6.76. The van der Waals surface area contributed by atoms with Crippen LogP contribution in [-0.4, -0.2) is 23.6 Å². The summed E-state index contributed by atoms with van der Waals surface area (Å²) in [5.74, 6) is -0.207. The van der Waals surface area contributed by atoms with E-state index in [9.17, 15) is 14.7 Å². The van der Waals surface area contributed by atoms with Gasteiger partial charge in [0.1, 0.15) is 0 Å². The van der Waals surface area contributed by atoms with E-state index in [4.69, 9.17) is 0 Å². The highest BCUT2D eigenvalue weighted by atomic mass is 16.3. The summed E-state index contributed by atoms with van der Waals surface area (Å²) >= 11 is 0. The molecule has 26 heavy (non-hydrogen) atoms. The molecule has 1 atom stereocenters. The van der Waals surface area contributed by atoms with Gasteiger partial charge in [0.2, 0.25) is 0 Å². The minimum absolute atomic E-state index is 0.338. The number of rotatable bonds is 5. The molecule has 2 aromatic rings. The van der Waals surface area contributed by atoms with Crippen LogP contribution in [0, 0.1) is 5.92 Å². The van der Waals surface area contributed by atoms with Crippen molar-refractivity contribution in [1.29, 1.82) is 0 Å². The minimum Gasteiger partial charge on any atom is -0.359 e. The van der Waals surface area contributed by atoms with Gasteiger partial charge < -0.3 is 15.7 Å². The fraction of sp³-hybridized carbons (Fsp3) is 0.300. The molecule has 0 bridgehead atoms. The molecule has 0 spiro atoms. The lowest BCUT2D eigenvalue weighted by Crippen LogP contribution is -2.62. The first-order valence-electron chi connectivity index (χ1n) is 8.71. The first-order valence-corrected chi connectivity index (χ1v) is 8.71. The third-order valence-corrected chi connectivity index (χ3v) is 4.41. The van der Waals surface area contributed by atoms with Gasteiger partial charge in [-0.15, -0.1) is 0 Å². The third kappa shape index (κ3) is 3.15. The van der Waals surface area contributed by atoms with Gasteiger partial charge in [-0.3, -0.25) is 9.69 Å². The number of anilines is 2. The summed E-state index contributed by atoms with van der Waals surface area (Å²) in [4.78, 5) is 26.8. The van der Waals surface area contributed by atoms with E-state index in [1.165, 1.54) is 0 Å². The molecule has 0 unspecified atom stereocenters. The smallest absolute Gasteiger partial charge is 0.329 e. The van der Waals surface area contributed by atoms with Crippen LogP contribution in [0.4, 0.5) is 16.2 Å². The van der Waals surface area contributed by atoms with Crippen molar-refractivity contribution in [3.63, 3.8) is 0 Å². The number of aliphatic hydroxyl groups is 1. The van der Waals surface area contributed by atoms with E-state index < -0.39 is 17.7 Å². The predicted octanol–water partition coefficient (Wildman–Crippen LogP) is 3.05. The van der Waals surface area contributed by atoms with Gasteiger partial charge >= 0.3 is 6.03 Å². The monoisotopic (exact) mass is 353 g/mol. The summed E-state index contributed by atoms with van der Waals surface area (Å²) in [5.41, 5.74) is -0.935. The first kappa shape index (κ1) is 17.9.